The molecule has 2 atom stereocenters. The lowest BCUT2D eigenvalue weighted by Crippen LogP contribution is -2.23. The maximum absolute atomic E-state index is 13.5. The minimum Gasteiger partial charge on any atom is -0.496 e. The van der Waals surface area contributed by atoms with Crippen molar-refractivity contribution in [3.63, 3.8) is 0 Å². The van der Waals surface area contributed by atoms with Gasteiger partial charge in [0.15, 0.2) is 5.69 Å². The number of nitrogens with one attached hydrogen (secondary N) is 1. The molecule has 0 radical (unpaired) electrons. The Labute approximate surface area is 181 Å². The second kappa shape index (κ2) is 8.29. The summed E-state index contributed by atoms with van der Waals surface area (Å²) in [7, 11) is 1.39. The molecule has 4 rings (SSSR count). The van der Waals surface area contributed by atoms with Gasteiger partial charge in [0.1, 0.15) is 29.3 Å². The average molecular weight is 442 g/mol. The van der Waals surface area contributed by atoms with E-state index in [0.29, 0.717) is 11.1 Å². The van der Waals surface area contributed by atoms with Crippen LogP contribution in [0.4, 0.5) is 8.78 Å². The third-order valence-corrected chi connectivity index (χ3v) is 5.27. The van der Waals surface area contributed by atoms with Gasteiger partial charge in [-0.25, -0.2) is 23.2 Å². The van der Waals surface area contributed by atoms with Crippen LogP contribution in [-0.4, -0.2) is 39.9 Å². The molecule has 32 heavy (non-hydrogen) atoms. The third-order valence-electron chi connectivity index (χ3n) is 5.27. The lowest BCUT2D eigenvalue weighted by atomic mass is 10.1. The van der Waals surface area contributed by atoms with Gasteiger partial charge < -0.3 is 21.0 Å². The quantitative estimate of drug-likeness (QED) is 0.484. The number of alkyl halides is 1. The van der Waals surface area contributed by atoms with Crippen molar-refractivity contribution in [2.75, 3.05) is 13.0 Å². The number of benzene rings is 2. The smallest absolute Gasteiger partial charge is 0.356 e. The van der Waals surface area contributed by atoms with Crippen molar-refractivity contribution in [3.05, 3.63) is 70.9 Å². The molecule has 0 unspecified atom stereocenters. The molecule has 4 N–H and O–H groups in total. The lowest BCUT2D eigenvalue weighted by Gasteiger charge is -2.10. The number of methoxy groups -OCH3 is 1. The van der Waals surface area contributed by atoms with Crippen molar-refractivity contribution in [1.29, 1.82) is 0 Å². The number of carbonyl (C=O) groups is 2. The molecule has 1 aliphatic rings. The second-order valence-corrected chi connectivity index (χ2v) is 7.42. The summed E-state index contributed by atoms with van der Waals surface area (Å²) in [5.41, 5.74) is 1.20. The standard InChI is InChI=1S/C22H20F2N4O4/c1-32-17-7-6-13(23)8-15(17)21(29)26-10-11-2-4-12(5-3-11)18-19(22(30)31)28(25)20(27-18)14-9-16(14)24/h2-8,14,16H,9-10,25H2,1H3,(H,26,29)(H,30,31)/t14-,16+/m1/s1. The highest BCUT2D eigenvalue weighted by atomic mass is 19.1. The number of ether oxygens (including phenoxy) is 1. The first-order valence-corrected chi connectivity index (χ1v) is 9.76. The average Bonchev–Trinajstić information content (AvgIpc) is 3.39. The largest absolute Gasteiger partial charge is 0.496 e. The van der Waals surface area contributed by atoms with Crippen LogP contribution < -0.4 is 15.9 Å². The van der Waals surface area contributed by atoms with Crippen LogP contribution in [0.15, 0.2) is 42.5 Å². The van der Waals surface area contributed by atoms with Gasteiger partial charge in [-0.15, -0.1) is 0 Å². The zero-order valence-corrected chi connectivity index (χ0v) is 17.0. The molecule has 1 heterocycles. The zero-order valence-electron chi connectivity index (χ0n) is 17.0. The molecule has 1 aromatic heterocycles. The Morgan fingerprint density at radius 3 is 2.56 bits per heavy atom. The van der Waals surface area contributed by atoms with E-state index in [-0.39, 0.29) is 41.5 Å². The van der Waals surface area contributed by atoms with E-state index in [1.807, 2.05) is 0 Å². The Morgan fingerprint density at radius 2 is 1.97 bits per heavy atom. The molecule has 1 amide bonds. The summed E-state index contributed by atoms with van der Waals surface area (Å²) in [6, 6.07) is 10.3. The number of aromatic carboxylic acids is 1. The van der Waals surface area contributed by atoms with Crippen LogP contribution in [0.3, 0.4) is 0 Å². The van der Waals surface area contributed by atoms with E-state index in [2.05, 4.69) is 10.3 Å². The van der Waals surface area contributed by atoms with E-state index >= 15 is 0 Å². The minimum atomic E-state index is -1.27. The van der Waals surface area contributed by atoms with Crippen molar-refractivity contribution in [2.45, 2.75) is 25.1 Å². The number of imidazole rings is 1. The number of carboxylic acid groups (broad SMARTS) is 1. The Hall–Kier alpha value is -3.95. The van der Waals surface area contributed by atoms with E-state index in [1.54, 1.807) is 24.3 Å². The molecule has 10 heteroatoms. The molecule has 1 fully saturated rings. The van der Waals surface area contributed by atoms with E-state index in [1.165, 1.54) is 19.2 Å². The lowest BCUT2D eigenvalue weighted by molar-refractivity contribution is 0.0687. The first-order chi connectivity index (χ1) is 15.3. The maximum Gasteiger partial charge on any atom is 0.356 e. The summed E-state index contributed by atoms with van der Waals surface area (Å²) in [4.78, 5) is 28.4. The number of nitrogens with zero attached hydrogens (tertiary/aromatic N) is 2. The summed E-state index contributed by atoms with van der Waals surface area (Å²) < 4.78 is 33.0. The number of nitrogens with two attached hydrogens (primary N) is 1. The van der Waals surface area contributed by atoms with E-state index in [0.717, 1.165) is 10.7 Å². The monoisotopic (exact) mass is 442 g/mol. The molecule has 3 aromatic rings. The van der Waals surface area contributed by atoms with Gasteiger partial charge in [-0.1, -0.05) is 24.3 Å². The van der Waals surface area contributed by atoms with Gasteiger partial charge in [-0.3, -0.25) is 4.79 Å². The molecule has 2 aromatic carbocycles. The first kappa shape index (κ1) is 21.3. The van der Waals surface area contributed by atoms with Crippen LogP contribution in [0.25, 0.3) is 11.3 Å². The summed E-state index contributed by atoms with van der Waals surface area (Å²) in [6.07, 6.45) is -0.807. The fourth-order valence-corrected chi connectivity index (χ4v) is 3.46. The van der Waals surface area contributed by atoms with Gasteiger partial charge in [0.05, 0.1) is 18.6 Å². The Balaban J connectivity index is 1.51. The molecule has 0 aliphatic heterocycles. The molecule has 1 aliphatic carbocycles. The van der Waals surface area contributed by atoms with Gasteiger partial charge in [0, 0.05) is 12.1 Å². The number of aromatic nitrogens is 2. The Kier molecular flexibility index (Phi) is 5.52. The van der Waals surface area contributed by atoms with Gasteiger partial charge in [0.25, 0.3) is 5.91 Å². The maximum atomic E-state index is 13.5. The highest BCUT2D eigenvalue weighted by molar-refractivity contribution is 5.97. The number of hydrogen-bond acceptors (Lipinski definition) is 5. The van der Waals surface area contributed by atoms with Crippen LogP contribution in [-0.2, 0) is 6.54 Å². The van der Waals surface area contributed by atoms with Gasteiger partial charge in [-0.2, -0.15) is 0 Å². The molecular formula is C22H20F2N4O4. The number of rotatable bonds is 7. The molecule has 8 nitrogen and oxygen atoms in total. The fourth-order valence-electron chi connectivity index (χ4n) is 3.46. The van der Waals surface area contributed by atoms with E-state index < -0.39 is 29.8 Å². The summed E-state index contributed by atoms with van der Waals surface area (Å²) in [5.74, 6) is 3.49. The topological polar surface area (TPSA) is 119 Å². The van der Waals surface area contributed by atoms with E-state index in [4.69, 9.17) is 10.6 Å². The SMILES string of the molecule is COc1ccc(F)cc1C(=O)NCc1ccc(-c2nc([C@@H]3C[C@@H]3F)n(N)c2C(=O)O)cc1. The number of carboxylic acids is 1. The van der Waals surface area contributed by atoms with Crippen LogP contribution in [0.1, 0.15) is 44.6 Å². The van der Waals surface area contributed by atoms with Crippen LogP contribution in [0.2, 0.25) is 0 Å². The number of nitrogen functional groups attached to an aromatic ring is 1. The number of halogens is 2. The summed E-state index contributed by atoms with van der Waals surface area (Å²) >= 11 is 0. The van der Waals surface area contributed by atoms with Crippen molar-refractivity contribution >= 4 is 11.9 Å². The number of hydrogen-bond donors (Lipinski definition) is 3. The van der Waals surface area contributed by atoms with Gasteiger partial charge >= 0.3 is 5.97 Å². The predicted molar refractivity (Wildman–Crippen MR) is 111 cm³/mol. The fraction of sp³-hybridized carbons (Fsp3) is 0.227. The predicted octanol–water partition coefficient (Wildman–Crippen LogP) is 2.87. The summed E-state index contributed by atoms with van der Waals surface area (Å²) in [6.45, 7) is 0.146. The van der Waals surface area contributed by atoms with Gasteiger partial charge in [0.2, 0.25) is 0 Å². The van der Waals surface area contributed by atoms with Crippen molar-refractivity contribution in [2.24, 2.45) is 0 Å². The second-order valence-electron chi connectivity index (χ2n) is 7.42. The van der Waals surface area contributed by atoms with Crippen LogP contribution >= 0.6 is 0 Å². The minimum absolute atomic E-state index is 0.0717. The van der Waals surface area contributed by atoms with Crippen LogP contribution in [0.5, 0.6) is 5.75 Å². The highest BCUT2D eigenvalue weighted by Gasteiger charge is 2.43. The van der Waals surface area contributed by atoms with Crippen molar-refractivity contribution in [1.82, 2.24) is 15.0 Å². The molecule has 0 spiro atoms. The van der Waals surface area contributed by atoms with Crippen LogP contribution in [0, 0.1) is 5.82 Å². The number of carbonyl (C=O) groups excluding carboxylic acids is 1. The molecule has 1 saturated carbocycles. The zero-order chi connectivity index (χ0) is 23.0. The highest BCUT2D eigenvalue weighted by Crippen LogP contribution is 2.43. The summed E-state index contributed by atoms with van der Waals surface area (Å²) in [5, 5.41) is 12.2. The normalized spacial score (nSPS) is 17.1. The third kappa shape index (κ3) is 3.98. The van der Waals surface area contributed by atoms with Crippen molar-refractivity contribution < 1.29 is 28.2 Å². The van der Waals surface area contributed by atoms with Gasteiger partial charge in [-0.05, 0) is 30.2 Å². The Morgan fingerprint density at radius 1 is 1.28 bits per heavy atom. The molecular weight excluding hydrogens is 422 g/mol. The molecule has 0 saturated heterocycles. The Bertz CT molecular complexity index is 1190. The molecule has 166 valence electrons. The van der Waals surface area contributed by atoms with E-state index in [9.17, 15) is 23.5 Å². The number of amides is 1. The first-order valence-electron chi connectivity index (χ1n) is 9.76. The van der Waals surface area contributed by atoms with Crippen molar-refractivity contribution in [3.8, 4) is 17.0 Å². The molecule has 0 bridgehead atoms.